The van der Waals surface area contributed by atoms with Gasteiger partial charge in [0, 0.05) is 16.7 Å². The molecule has 4 nitrogen and oxygen atoms in total. The number of nitrogen functional groups attached to an aromatic ring is 1. The minimum absolute atomic E-state index is 0.144. The van der Waals surface area contributed by atoms with E-state index in [1.165, 1.54) is 0 Å². The van der Waals surface area contributed by atoms with Gasteiger partial charge in [0.15, 0.2) is 0 Å². The zero-order chi connectivity index (χ0) is 14.9. The lowest BCUT2D eigenvalue weighted by Crippen LogP contribution is -2.18. The van der Waals surface area contributed by atoms with Gasteiger partial charge in [-0.25, -0.2) is 0 Å². The Bertz CT molecular complexity index is 652. The predicted molar refractivity (Wildman–Crippen MR) is 86.3 cm³/mol. The number of nitrogens with two attached hydrogens (primary N) is 1. The summed E-state index contributed by atoms with van der Waals surface area (Å²) in [4.78, 5) is 12.4. The summed E-state index contributed by atoms with van der Waals surface area (Å²) in [5, 5.41) is 3.28. The molecule has 0 aliphatic carbocycles. The van der Waals surface area contributed by atoms with Gasteiger partial charge in [-0.15, -0.1) is 0 Å². The van der Waals surface area contributed by atoms with Crippen LogP contribution >= 0.6 is 27.5 Å². The molecule has 1 aromatic carbocycles. The molecule has 0 unspecified atom stereocenters. The molecular weight excluding hydrogens is 342 g/mol. The van der Waals surface area contributed by atoms with E-state index in [9.17, 15) is 4.79 Å². The molecule has 20 heavy (non-hydrogen) atoms. The van der Waals surface area contributed by atoms with Crippen LogP contribution < -0.4 is 11.1 Å². The van der Waals surface area contributed by atoms with Gasteiger partial charge in [0.1, 0.15) is 5.69 Å². The van der Waals surface area contributed by atoms with E-state index in [-0.39, 0.29) is 11.9 Å². The second kappa shape index (κ2) is 5.89. The largest absolute Gasteiger partial charge is 0.397 e. The van der Waals surface area contributed by atoms with Gasteiger partial charge in [0.25, 0.3) is 5.91 Å². The Morgan fingerprint density at radius 3 is 2.75 bits per heavy atom. The first-order valence-electron chi connectivity index (χ1n) is 6.12. The van der Waals surface area contributed by atoms with E-state index in [0.717, 1.165) is 4.47 Å². The molecule has 0 aliphatic heterocycles. The molecule has 0 aliphatic rings. The highest BCUT2D eigenvalue weighted by Crippen LogP contribution is 2.27. The van der Waals surface area contributed by atoms with E-state index in [4.69, 9.17) is 17.3 Å². The second-order valence-corrected chi connectivity index (χ2v) is 6.06. The molecular formula is C14H15BrClN3O. The van der Waals surface area contributed by atoms with Crippen molar-refractivity contribution in [1.82, 2.24) is 4.57 Å². The van der Waals surface area contributed by atoms with Crippen LogP contribution in [-0.2, 0) is 0 Å². The summed E-state index contributed by atoms with van der Waals surface area (Å²) in [5.74, 6) is -0.240. The minimum Gasteiger partial charge on any atom is -0.397 e. The van der Waals surface area contributed by atoms with Crippen LogP contribution in [-0.4, -0.2) is 10.5 Å². The first-order valence-corrected chi connectivity index (χ1v) is 7.29. The van der Waals surface area contributed by atoms with Gasteiger partial charge < -0.3 is 15.6 Å². The fraction of sp³-hybridized carbons (Fsp3) is 0.214. The van der Waals surface area contributed by atoms with Crippen LogP contribution in [0.1, 0.15) is 30.4 Å². The maximum absolute atomic E-state index is 12.4. The van der Waals surface area contributed by atoms with E-state index >= 15 is 0 Å². The van der Waals surface area contributed by atoms with Crippen LogP contribution in [0.25, 0.3) is 0 Å². The molecule has 2 rings (SSSR count). The Kier molecular flexibility index (Phi) is 4.40. The van der Waals surface area contributed by atoms with E-state index < -0.39 is 0 Å². The number of anilines is 2. The van der Waals surface area contributed by atoms with Crippen molar-refractivity contribution in [2.45, 2.75) is 19.9 Å². The minimum atomic E-state index is -0.240. The summed E-state index contributed by atoms with van der Waals surface area (Å²) in [7, 11) is 0. The molecule has 0 radical (unpaired) electrons. The van der Waals surface area contributed by atoms with Crippen molar-refractivity contribution in [2.24, 2.45) is 0 Å². The molecule has 0 bridgehead atoms. The zero-order valence-electron chi connectivity index (χ0n) is 11.2. The monoisotopic (exact) mass is 355 g/mol. The average molecular weight is 357 g/mol. The number of hydrogen-bond donors (Lipinski definition) is 2. The Hall–Kier alpha value is -1.46. The van der Waals surface area contributed by atoms with Crippen molar-refractivity contribution >= 4 is 44.8 Å². The standard InChI is InChI=1S/C14H15BrClN3O/c1-8(2)19-7-10(17)6-13(19)14(20)18-12-5-9(15)3-4-11(12)16/h3-8H,17H2,1-2H3,(H,18,20). The van der Waals surface area contributed by atoms with Gasteiger partial charge >= 0.3 is 0 Å². The zero-order valence-corrected chi connectivity index (χ0v) is 13.5. The Balaban J connectivity index is 2.31. The number of carbonyl (C=O) groups is 1. The third kappa shape index (κ3) is 3.16. The predicted octanol–water partition coefficient (Wildman–Crippen LogP) is 4.32. The second-order valence-electron chi connectivity index (χ2n) is 4.74. The number of nitrogens with zero attached hydrogens (tertiary/aromatic N) is 1. The molecule has 6 heteroatoms. The molecule has 2 aromatic rings. The van der Waals surface area contributed by atoms with Gasteiger partial charge in [-0.05, 0) is 38.1 Å². The van der Waals surface area contributed by atoms with Crippen molar-refractivity contribution in [3.63, 3.8) is 0 Å². The summed E-state index contributed by atoms with van der Waals surface area (Å²) in [5.41, 5.74) is 7.39. The molecule has 3 N–H and O–H groups in total. The summed E-state index contributed by atoms with van der Waals surface area (Å²) in [6.07, 6.45) is 1.75. The number of carbonyl (C=O) groups excluding carboxylic acids is 1. The summed E-state index contributed by atoms with van der Waals surface area (Å²) >= 11 is 9.42. The Morgan fingerprint density at radius 1 is 1.40 bits per heavy atom. The number of hydrogen-bond acceptors (Lipinski definition) is 2. The first-order chi connectivity index (χ1) is 9.38. The van der Waals surface area contributed by atoms with Gasteiger partial charge in [-0.2, -0.15) is 0 Å². The molecule has 1 heterocycles. The molecule has 1 amide bonds. The third-order valence-corrected chi connectivity index (χ3v) is 3.66. The van der Waals surface area contributed by atoms with Crippen molar-refractivity contribution < 1.29 is 4.79 Å². The van der Waals surface area contributed by atoms with Gasteiger partial charge in [-0.3, -0.25) is 4.79 Å². The first kappa shape index (κ1) is 14.9. The van der Waals surface area contributed by atoms with Crippen molar-refractivity contribution in [2.75, 3.05) is 11.1 Å². The van der Waals surface area contributed by atoms with Gasteiger partial charge in [0.2, 0.25) is 0 Å². The number of benzene rings is 1. The topological polar surface area (TPSA) is 60.0 Å². The number of nitrogens with one attached hydrogen (secondary N) is 1. The number of amides is 1. The highest BCUT2D eigenvalue weighted by Gasteiger charge is 2.16. The maximum atomic E-state index is 12.4. The summed E-state index contributed by atoms with van der Waals surface area (Å²) in [6, 6.07) is 7.09. The van der Waals surface area contributed by atoms with Crippen LogP contribution in [0, 0.1) is 0 Å². The average Bonchev–Trinajstić information content (AvgIpc) is 2.76. The normalized spacial score (nSPS) is 10.8. The van der Waals surface area contributed by atoms with Crippen LogP contribution in [0.2, 0.25) is 5.02 Å². The Labute approximate surface area is 131 Å². The number of aromatic nitrogens is 1. The van der Waals surface area contributed by atoms with E-state index in [1.807, 2.05) is 24.5 Å². The van der Waals surface area contributed by atoms with Crippen molar-refractivity contribution in [3.05, 3.63) is 45.7 Å². The van der Waals surface area contributed by atoms with Gasteiger partial charge in [0.05, 0.1) is 16.4 Å². The van der Waals surface area contributed by atoms with E-state index in [0.29, 0.717) is 22.1 Å². The van der Waals surface area contributed by atoms with Crippen LogP contribution in [0.15, 0.2) is 34.9 Å². The lowest BCUT2D eigenvalue weighted by molar-refractivity contribution is 0.101. The lowest BCUT2D eigenvalue weighted by atomic mass is 10.3. The molecule has 0 atom stereocenters. The quantitative estimate of drug-likeness (QED) is 0.860. The summed E-state index contributed by atoms with van der Waals surface area (Å²) < 4.78 is 2.67. The number of rotatable bonds is 3. The third-order valence-electron chi connectivity index (χ3n) is 2.84. The van der Waals surface area contributed by atoms with E-state index in [1.54, 1.807) is 24.4 Å². The van der Waals surface area contributed by atoms with Crippen LogP contribution in [0.4, 0.5) is 11.4 Å². The summed E-state index contributed by atoms with van der Waals surface area (Å²) in [6.45, 7) is 3.98. The molecule has 106 valence electrons. The highest BCUT2D eigenvalue weighted by atomic mass is 79.9. The molecule has 0 spiro atoms. The maximum Gasteiger partial charge on any atom is 0.272 e. The molecule has 0 saturated carbocycles. The molecule has 0 fully saturated rings. The Morgan fingerprint density at radius 2 is 2.10 bits per heavy atom. The highest BCUT2D eigenvalue weighted by molar-refractivity contribution is 9.10. The van der Waals surface area contributed by atoms with Crippen molar-refractivity contribution in [1.29, 1.82) is 0 Å². The fourth-order valence-corrected chi connectivity index (χ4v) is 2.42. The lowest BCUT2D eigenvalue weighted by Gasteiger charge is -2.13. The smallest absolute Gasteiger partial charge is 0.272 e. The molecule has 1 aromatic heterocycles. The fourth-order valence-electron chi connectivity index (χ4n) is 1.89. The van der Waals surface area contributed by atoms with Crippen molar-refractivity contribution in [3.8, 4) is 0 Å². The van der Waals surface area contributed by atoms with Crippen LogP contribution in [0.3, 0.4) is 0 Å². The van der Waals surface area contributed by atoms with Gasteiger partial charge in [-0.1, -0.05) is 27.5 Å². The molecule has 0 saturated heterocycles. The van der Waals surface area contributed by atoms with E-state index in [2.05, 4.69) is 21.2 Å². The SMILES string of the molecule is CC(C)n1cc(N)cc1C(=O)Nc1cc(Br)ccc1Cl. The van der Waals surface area contributed by atoms with Crippen LogP contribution in [0.5, 0.6) is 0 Å². The number of halogens is 2.